The molecule has 8 nitrogen and oxygen atoms in total. The number of hydroxylamine groups is 2. The lowest BCUT2D eigenvalue weighted by Gasteiger charge is -2.27. The maximum atomic E-state index is 12.6. The molecule has 1 N–H and O–H groups in total. The molecule has 0 aliphatic carbocycles. The molecule has 0 unspecified atom stereocenters. The average Bonchev–Trinajstić information content (AvgIpc) is 2.57. The van der Waals surface area contributed by atoms with E-state index in [1.54, 1.807) is 0 Å². The van der Waals surface area contributed by atoms with Crippen molar-refractivity contribution in [2.24, 2.45) is 0 Å². The smallest absolute Gasteiger partial charge is 0.464 e. The highest BCUT2D eigenvalue weighted by atomic mass is 32.2. The Morgan fingerprint density at radius 2 is 1.66 bits per heavy atom. The van der Waals surface area contributed by atoms with Crippen LogP contribution < -0.4 is 0 Å². The fraction of sp³-hybridized carbons (Fsp3) is 0.529. The number of carbonyl (C=O) groups is 2. The number of sulfone groups is 1. The van der Waals surface area contributed by atoms with Gasteiger partial charge >= 0.3 is 17.6 Å². The van der Waals surface area contributed by atoms with E-state index in [4.69, 9.17) is 9.47 Å². The second-order valence-corrected chi connectivity index (χ2v) is 8.83. The summed E-state index contributed by atoms with van der Waals surface area (Å²) in [6.07, 6.45) is -1.59. The van der Waals surface area contributed by atoms with Crippen molar-refractivity contribution < 1.29 is 45.9 Å². The van der Waals surface area contributed by atoms with Crippen molar-refractivity contribution in [1.82, 2.24) is 5.06 Å². The minimum Gasteiger partial charge on any atom is -0.464 e. The summed E-state index contributed by atoms with van der Waals surface area (Å²) in [5.74, 6) is -0.979. The van der Waals surface area contributed by atoms with Crippen molar-refractivity contribution in [1.29, 1.82) is 0 Å². The van der Waals surface area contributed by atoms with Crippen molar-refractivity contribution in [3.05, 3.63) is 29.8 Å². The third kappa shape index (κ3) is 6.60. The lowest BCUT2D eigenvalue weighted by atomic mass is 10.1. The molecule has 0 heterocycles. The molecule has 0 saturated carbocycles. The third-order valence-corrected chi connectivity index (χ3v) is 4.90. The molecule has 1 atom stereocenters. The van der Waals surface area contributed by atoms with E-state index in [9.17, 15) is 36.4 Å². The number of ether oxygens (including phenoxy) is 2. The van der Waals surface area contributed by atoms with Gasteiger partial charge in [0.1, 0.15) is 5.60 Å². The molecule has 29 heavy (non-hydrogen) atoms. The van der Waals surface area contributed by atoms with E-state index in [0.717, 1.165) is 24.3 Å². The van der Waals surface area contributed by atoms with E-state index in [2.05, 4.69) is 0 Å². The Balaban J connectivity index is 3.12. The van der Waals surface area contributed by atoms with Crippen LogP contribution in [-0.4, -0.2) is 54.5 Å². The van der Waals surface area contributed by atoms with Crippen LogP contribution in [-0.2, 0) is 30.5 Å². The number of alkyl halides is 3. The van der Waals surface area contributed by atoms with Gasteiger partial charge in [-0.25, -0.2) is 18.0 Å². The standard InChI is InChI=1S/C17H22F3NO7S/c1-5-27-14(22)13(21(24)15(23)28-16(2,3)4)10-11-6-8-12(9-7-11)29(25,26)17(18,19)20/h6-9,13,24H,5,10H2,1-4H3/t13-/m0/s1. The first-order chi connectivity index (χ1) is 13.1. The minimum absolute atomic E-state index is 0.0314. The van der Waals surface area contributed by atoms with Crippen LogP contribution in [0.4, 0.5) is 18.0 Å². The third-order valence-electron chi connectivity index (χ3n) is 3.40. The van der Waals surface area contributed by atoms with Crippen molar-refractivity contribution in [2.45, 2.75) is 56.2 Å². The molecular formula is C17H22F3NO7S. The van der Waals surface area contributed by atoms with Gasteiger partial charge in [-0.3, -0.25) is 5.21 Å². The van der Waals surface area contributed by atoms with Gasteiger partial charge in [0, 0.05) is 6.42 Å². The molecule has 0 radical (unpaired) electrons. The van der Waals surface area contributed by atoms with Crippen LogP contribution in [0.3, 0.4) is 0 Å². The number of amides is 1. The highest BCUT2D eigenvalue weighted by Gasteiger charge is 2.46. The summed E-state index contributed by atoms with van der Waals surface area (Å²) < 4.78 is 70.4. The highest BCUT2D eigenvalue weighted by molar-refractivity contribution is 7.92. The summed E-state index contributed by atoms with van der Waals surface area (Å²) in [5, 5.41) is 10.1. The summed E-state index contributed by atoms with van der Waals surface area (Å²) in [6.45, 7) is 6.06. The number of hydrogen-bond acceptors (Lipinski definition) is 7. The fourth-order valence-electron chi connectivity index (χ4n) is 2.11. The predicted octanol–water partition coefficient (Wildman–Crippen LogP) is 3.08. The first kappa shape index (κ1) is 24.7. The van der Waals surface area contributed by atoms with Gasteiger partial charge < -0.3 is 9.47 Å². The first-order valence-corrected chi connectivity index (χ1v) is 9.86. The van der Waals surface area contributed by atoms with Gasteiger partial charge in [0.25, 0.3) is 9.84 Å². The minimum atomic E-state index is -5.52. The molecule has 1 aromatic carbocycles. The van der Waals surface area contributed by atoms with E-state index in [0.29, 0.717) is 0 Å². The normalized spacial score (nSPS) is 13.5. The van der Waals surface area contributed by atoms with Crippen LogP contribution in [0.1, 0.15) is 33.3 Å². The molecule has 1 aromatic rings. The number of esters is 1. The van der Waals surface area contributed by atoms with E-state index in [1.807, 2.05) is 0 Å². The number of rotatable bonds is 6. The second kappa shape index (κ2) is 8.99. The number of halogens is 3. The van der Waals surface area contributed by atoms with Crippen molar-refractivity contribution >= 4 is 21.9 Å². The number of benzene rings is 1. The van der Waals surface area contributed by atoms with Crippen LogP contribution in [0.15, 0.2) is 29.2 Å². The summed E-state index contributed by atoms with van der Waals surface area (Å²) in [6, 6.07) is 1.95. The van der Waals surface area contributed by atoms with Crippen molar-refractivity contribution in [3.8, 4) is 0 Å². The number of carbonyl (C=O) groups excluding carboxylic acids is 2. The van der Waals surface area contributed by atoms with E-state index >= 15 is 0 Å². The van der Waals surface area contributed by atoms with E-state index in [-0.39, 0.29) is 23.7 Å². The van der Waals surface area contributed by atoms with E-state index in [1.165, 1.54) is 27.7 Å². The van der Waals surface area contributed by atoms with Gasteiger partial charge in [-0.1, -0.05) is 12.1 Å². The Morgan fingerprint density at radius 1 is 1.14 bits per heavy atom. The molecule has 0 bridgehead atoms. The van der Waals surface area contributed by atoms with Gasteiger partial charge in [0.05, 0.1) is 11.5 Å². The van der Waals surface area contributed by atoms with Gasteiger partial charge in [0.2, 0.25) is 0 Å². The zero-order valence-corrected chi connectivity index (χ0v) is 17.0. The van der Waals surface area contributed by atoms with Crippen LogP contribution >= 0.6 is 0 Å². The fourth-order valence-corrected chi connectivity index (χ4v) is 2.87. The van der Waals surface area contributed by atoms with Crippen LogP contribution in [0.25, 0.3) is 0 Å². The maximum absolute atomic E-state index is 12.6. The predicted molar refractivity (Wildman–Crippen MR) is 93.7 cm³/mol. The van der Waals surface area contributed by atoms with Gasteiger partial charge in [-0.15, -0.1) is 0 Å². The molecule has 0 aromatic heterocycles. The lowest BCUT2D eigenvalue weighted by Crippen LogP contribution is -2.47. The maximum Gasteiger partial charge on any atom is 0.501 e. The largest absolute Gasteiger partial charge is 0.501 e. The quantitative estimate of drug-likeness (QED) is 0.410. The SMILES string of the molecule is CCOC(=O)[C@H](Cc1ccc(S(=O)(=O)C(F)(F)F)cc1)N(O)C(=O)OC(C)(C)C. The molecule has 0 fully saturated rings. The molecule has 0 aliphatic rings. The zero-order chi connectivity index (χ0) is 22.6. The Kier molecular flexibility index (Phi) is 7.66. The molecule has 1 amide bonds. The van der Waals surface area contributed by atoms with E-state index < -0.39 is 43.9 Å². The molecule has 0 spiro atoms. The Hall–Kier alpha value is -2.34. The molecule has 164 valence electrons. The Labute approximate surface area is 166 Å². The highest BCUT2D eigenvalue weighted by Crippen LogP contribution is 2.30. The molecule has 1 rings (SSSR count). The number of nitrogens with zero attached hydrogens (tertiary/aromatic N) is 1. The zero-order valence-electron chi connectivity index (χ0n) is 16.2. The summed E-state index contributed by atoms with van der Waals surface area (Å²) >= 11 is 0. The molecule has 0 aliphatic heterocycles. The Bertz CT molecular complexity index is 830. The summed E-state index contributed by atoms with van der Waals surface area (Å²) in [4.78, 5) is 23.2. The van der Waals surface area contributed by atoms with Crippen molar-refractivity contribution in [3.63, 3.8) is 0 Å². The second-order valence-electron chi connectivity index (χ2n) is 6.89. The summed E-state index contributed by atoms with van der Waals surface area (Å²) in [7, 11) is -5.52. The monoisotopic (exact) mass is 441 g/mol. The lowest BCUT2D eigenvalue weighted by molar-refractivity contribution is -0.169. The van der Waals surface area contributed by atoms with Crippen LogP contribution in [0, 0.1) is 0 Å². The molecular weight excluding hydrogens is 419 g/mol. The Morgan fingerprint density at radius 3 is 2.07 bits per heavy atom. The first-order valence-electron chi connectivity index (χ1n) is 8.38. The van der Waals surface area contributed by atoms with Crippen LogP contribution in [0.5, 0.6) is 0 Å². The average molecular weight is 441 g/mol. The van der Waals surface area contributed by atoms with Gasteiger partial charge in [0.15, 0.2) is 6.04 Å². The molecule has 12 heteroatoms. The van der Waals surface area contributed by atoms with Crippen molar-refractivity contribution in [2.75, 3.05) is 6.61 Å². The van der Waals surface area contributed by atoms with Gasteiger partial charge in [-0.05, 0) is 45.4 Å². The van der Waals surface area contributed by atoms with Crippen LogP contribution in [0.2, 0.25) is 0 Å². The molecule has 0 saturated heterocycles. The topological polar surface area (TPSA) is 110 Å². The number of hydrogen-bond donors (Lipinski definition) is 1. The summed E-state index contributed by atoms with van der Waals surface area (Å²) in [5.41, 5.74) is -6.25. The van der Waals surface area contributed by atoms with Gasteiger partial charge in [-0.2, -0.15) is 18.2 Å².